The Morgan fingerprint density at radius 2 is 1.48 bits per heavy atom. The van der Waals surface area contributed by atoms with E-state index in [0.29, 0.717) is 5.69 Å². The monoisotopic (exact) mass is 416 g/mol. The number of aryl methyl sites for hydroxylation is 1. The van der Waals surface area contributed by atoms with E-state index in [2.05, 4.69) is 51.2 Å². The van der Waals surface area contributed by atoms with Gasteiger partial charge in [-0.2, -0.15) is 0 Å². The van der Waals surface area contributed by atoms with Crippen LogP contribution in [-0.4, -0.2) is 9.91 Å². The standard InChI is InChI=1S/C22H13BrN2O2/c1-12-2-11-19(25(26)27)22(24-12)16-8-4-13-5-9-17-18(23)10-6-14-3-7-15(16)20(13)21(14)17/h2-11H,1H3. The van der Waals surface area contributed by atoms with Gasteiger partial charge in [-0.25, -0.2) is 4.98 Å². The molecule has 27 heavy (non-hydrogen) atoms. The molecule has 0 amide bonds. The molecule has 1 heterocycles. The first-order valence-corrected chi connectivity index (χ1v) is 9.32. The molecule has 4 aromatic carbocycles. The van der Waals surface area contributed by atoms with Crippen molar-refractivity contribution in [2.45, 2.75) is 6.92 Å². The molecule has 130 valence electrons. The van der Waals surface area contributed by atoms with Crippen LogP contribution in [0.2, 0.25) is 0 Å². The maximum absolute atomic E-state index is 11.6. The van der Waals surface area contributed by atoms with Gasteiger partial charge in [0.05, 0.1) is 4.92 Å². The molecule has 0 aliphatic carbocycles. The molecule has 0 atom stereocenters. The van der Waals surface area contributed by atoms with Crippen LogP contribution in [0, 0.1) is 17.0 Å². The molecule has 0 fully saturated rings. The largest absolute Gasteiger partial charge is 0.295 e. The summed E-state index contributed by atoms with van der Waals surface area (Å²) in [6.45, 7) is 1.85. The number of halogens is 1. The molecule has 0 radical (unpaired) electrons. The van der Waals surface area contributed by atoms with E-state index in [1.165, 1.54) is 6.07 Å². The van der Waals surface area contributed by atoms with E-state index in [9.17, 15) is 10.1 Å². The third kappa shape index (κ3) is 2.32. The summed E-state index contributed by atoms with van der Waals surface area (Å²) in [6, 6.07) is 19.6. The number of nitro groups is 1. The van der Waals surface area contributed by atoms with Crippen LogP contribution >= 0.6 is 15.9 Å². The number of benzene rings is 4. The Bertz CT molecular complexity index is 1380. The molecule has 0 aliphatic rings. The van der Waals surface area contributed by atoms with Crippen molar-refractivity contribution in [3.05, 3.63) is 80.9 Å². The maximum Gasteiger partial charge on any atom is 0.295 e. The molecule has 5 aromatic rings. The van der Waals surface area contributed by atoms with Gasteiger partial charge in [-0.1, -0.05) is 58.4 Å². The first-order valence-electron chi connectivity index (χ1n) is 8.53. The average molecular weight is 417 g/mol. The van der Waals surface area contributed by atoms with Gasteiger partial charge in [0.2, 0.25) is 0 Å². The van der Waals surface area contributed by atoms with Gasteiger partial charge < -0.3 is 0 Å². The molecule has 0 saturated heterocycles. The SMILES string of the molecule is Cc1ccc([N+](=O)[O-])c(-c2ccc3ccc4c(Br)ccc5ccc2c3c54)n1. The zero-order chi connectivity index (χ0) is 18.7. The fourth-order valence-electron chi connectivity index (χ4n) is 3.87. The summed E-state index contributed by atoms with van der Waals surface area (Å²) in [5.41, 5.74) is 1.98. The van der Waals surface area contributed by atoms with Crippen molar-refractivity contribution in [2.24, 2.45) is 0 Å². The van der Waals surface area contributed by atoms with Crippen molar-refractivity contribution in [1.82, 2.24) is 4.98 Å². The average Bonchev–Trinajstić information content (AvgIpc) is 2.67. The molecule has 0 aliphatic heterocycles. The van der Waals surface area contributed by atoms with E-state index >= 15 is 0 Å². The van der Waals surface area contributed by atoms with E-state index in [-0.39, 0.29) is 10.6 Å². The van der Waals surface area contributed by atoms with E-state index in [1.54, 1.807) is 6.07 Å². The van der Waals surface area contributed by atoms with Crippen molar-refractivity contribution >= 4 is 53.9 Å². The fourth-order valence-corrected chi connectivity index (χ4v) is 4.33. The van der Waals surface area contributed by atoms with Crippen molar-refractivity contribution in [2.75, 3.05) is 0 Å². The normalized spacial score (nSPS) is 11.6. The molecular weight excluding hydrogens is 404 g/mol. The zero-order valence-electron chi connectivity index (χ0n) is 14.4. The summed E-state index contributed by atoms with van der Waals surface area (Å²) >= 11 is 3.64. The van der Waals surface area contributed by atoms with E-state index in [4.69, 9.17) is 0 Å². The molecule has 0 N–H and O–H groups in total. The molecule has 1 aromatic heterocycles. The summed E-state index contributed by atoms with van der Waals surface area (Å²) in [5, 5.41) is 18.2. The highest BCUT2D eigenvalue weighted by Gasteiger charge is 2.21. The Hall–Kier alpha value is -3.05. The number of pyridine rings is 1. The van der Waals surface area contributed by atoms with Gasteiger partial charge >= 0.3 is 0 Å². The Kier molecular flexibility index (Phi) is 3.42. The Balaban J connectivity index is 1.98. The molecule has 4 nitrogen and oxygen atoms in total. The minimum atomic E-state index is -0.365. The first kappa shape index (κ1) is 16.1. The summed E-state index contributed by atoms with van der Waals surface area (Å²) < 4.78 is 1.04. The van der Waals surface area contributed by atoms with Crippen LogP contribution in [0.5, 0.6) is 0 Å². The Morgan fingerprint density at radius 1 is 0.852 bits per heavy atom. The maximum atomic E-state index is 11.6. The Labute approximate surface area is 163 Å². The lowest BCUT2D eigenvalue weighted by molar-refractivity contribution is -0.384. The summed E-state index contributed by atoms with van der Waals surface area (Å²) in [7, 11) is 0. The van der Waals surface area contributed by atoms with Crippen molar-refractivity contribution in [3.8, 4) is 11.3 Å². The van der Waals surface area contributed by atoms with Gasteiger partial charge in [-0.3, -0.25) is 10.1 Å². The molecule has 0 spiro atoms. The second-order valence-electron chi connectivity index (χ2n) is 6.66. The van der Waals surface area contributed by atoms with Crippen LogP contribution in [0.4, 0.5) is 5.69 Å². The summed E-state index contributed by atoms with van der Waals surface area (Å²) in [6.07, 6.45) is 0. The number of aromatic nitrogens is 1. The molecule has 0 unspecified atom stereocenters. The molecule has 5 heteroatoms. The van der Waals surface area contributed by atoms with Crippen LogP contribution in [0.3, 0.4) is 0 Å². The van der Waals surface area contributed by atoms with Gasteiger partial charge in [0, 0.05) is 21.8 Å². The van der Waals surface area contributed by atoms with Crippen LogP contribution in [0.15, 0.2) is 65.1 Å². The first-order chi connectivity index (χ1) is 13.0. The number of hydrogen-bond donors (Lipinski definition) is 0. The highest BCUT2D eigenvalue weighted by molar-refractivity contribution is 9.10. The molecular formula is C22H13BrN2O2. The van der Waals surface area contributed by atoms with Gasteiger partial charge in [0.1, 0.15) is 5.69 Å². The molecule has 0 bridgehead atoms. The third-order valence-electron chi connectivity index (χ3n) is 5.08. The molecule has 0 saturated carbocycles. The smallest absolute Gasteiger partial charge is 0.258 e. The van der Waals surface area contributed by atoms with Crippen LogP contribution in [0.25, 0.3) is 43.6 Å². The number of nitrogens with zero attached hydrogens (tertiary/aromatic N) is 2. The summed E-state index contributed by atoms with van der Waals surface area (Å²) in [5.74, 6) is 0. The van der Waals surface area contributed by atoms with Gasteiger partial charge in [-0.05, 0) is 51.4 Å². The van der Waals surface area contributed by atoms with Crippen LogP contribution < -0.4 is 0 Å². The second kappa shape index (κ2) is 5.72. The van der Waals surface area contributed by atoms with Crippen molar-refractivity contribution in [1.29, 1.82) is 0 Å². The van der Waals surface area contributed by atoms with E-state index in [1.807, 2.05) is 25.1 Å². The third-order valence-corrected chi connectivity index (χ3v) is 5.77. The molecule has 5 rings (SSSR count). The quantitative estimate of drug-likeness (QED) is 0.184. The van der Waals surface area contributed by atoms with Gasteiger partial charge in [-0.15, -0.1) is 0 Å². The predicted octanol–water partition coefficient (Wildman–Crippen LogP) is 6.63. The predicted molar refractivity (Wildman–Crippen MR) is 112 cm³/mol. The van der Waals surface area contributed by atoms with Crippen molar-refractivity contribution in [3.63, 3.8) is 0 Å². The minimum Gasteiger partial charge on any atom is -0.258 e. The van der Waals surface area contributed by atoms with Gasteiger partial charge in [0.15, 0.2) is 0 Å². The lowest BCUT2D eigenvalue weighted by Gasteiger charge is -2.14. The van der Waals surface area contributed by atoms with Crippen LogP contribution in [-0.2, 0) is 0 Å². The lowest BCUT2D eigenvalue weighted by Crippen LogP contribution is -1.97. The topological polar surface area (TPSA) is 56.0 Å². The van der Waals surface area contributed by atoms with E-state index in [0.717, 1.165) is 48.0 Å². The van der Waals surface area contributed by atoms with E-state index < -0.39 is 0 Å². The highest BCUT2D eigenvalue weighted by Crippen LogP contribution is 2.42. The zero-order valence-corrected chi connectivity index (χ0v) is 15.9. The van der Waals surface area contributed by atoms with Crippen LogP contribution in [0.1, 0.15) is 5.69 Å². The van der Waals surface area contributed by atoms with Crippen molar-refractivity contribution < 1.29 is 4.92 Å². The Morgan fingerprint density at radius 3 is 2.22 bits per heavy atom. The highest BCUT2D eigenvalue weighted by atomic mass is 79.9. The number of rotatable bonds is 2. The van der Waals surface area contributed by atoms with Gasteiger partial charge in [0.25, 0.3) is 5.69 Å². The lowest BCUT2D eigenvalue weighted by atomic mass is 9.91. The second-order valence-corrected chi connectivity index (χ2v) is 7.51. The fraction of sp³-hybridized carbons (Fsp3) is 0.0455. The minimum absolute atomic E-state index is 0.0248. The number of hydrogen-bond acceptors (Lipinski definition) is 3. The summed E-state index contributed by atoms with van der Waals surface area (Å²) in [4.78, 5) is 15.7.